The number of alkyl halides is 3. The second-order valence-electron chi connectivity index (χ2n) is 6.50. The number of hydrogen-bond donors (Lipinski definition) is 1. The van der Waals surface area contributed by atoms with Crippen LogP contribution in [0, 0.1) is 0 Å². The maximum atomic E-state index is 12.4. The van der Waals surface area contributed by atoms with E-state index < -0.39 is 18.1 Å². The van der Waals surface area contributed by atoms with Gasteiger partial charge in [-0.25, -0.2) is 9.78 Å². The zero-order valence-corrected chi connectivity index (χ0v) is 17.6. The highest BCUT2D eigenvalue weighted by Gasteiger charge is 2.31. The summed E-state index contributed by atoms with van der Waals surface area (Å²) in [5.41, 5.74) is 1.18. The summed E-state index contributed by atoms with van der Waals surface area (Å²) >= 11 is 6.30. The van der Waals surface area contributed by atoms with Crippen molar-refractivity contribution >= 4 is 40.2 Å². The number of benzene rings is 2. The second kappa shape index (κ2) is 8.94. The van der Waals surface area contributed by atoms with Gasteiger partial charge < -0.3 is 19.3 Å². The number of fused-ring (bicyclic) bond motifs is 1. The van der Waals surface area contributed by atoms with Crippen molar-refractivity contribution in [3.63, 3.8) is 0 Å². The zero-order valence-electron chi connectivity index (χ0n) is 16.8. The molecule has 4 aromatic rings. The molecule has 1 N–H and O–H groups in total. The van der Waals surface area contributed by atoms with Gasteiger partial charge in [0.2, 0.25) is 5.82 Å². The Balaban J connectivity index is 1.79. The fraction of sp³-hybridized carbons (Fsp3) is 0.143. The molecule has 0 radical (unpaired) electrons. The number of carbonyl (C=O) groups excluding carboxylic acids is 1. The third-order valence-electron chi connectivity index (χ3n) is 4.27. The lowest BCUT2D eigenvalue weighted by Gasteiger charge is -2.11. The second-order valence-corrected chi connectivity index (χ2v) is 6.91. The zero-order chi connectivity index (χ0) is 23.6. The lowest BCUT2D eigenvalue weighted by molar-refractivity contribution is -0.274. The first kappa shape index (κ1) is 22.3. The molecule has 0 aliphatic carbocycles. The molecule has 0 amide bonds. The third-order valence-corrected chi connectivity index (χ3v) is 4.60. The van der Waals surface area contributed by atoms with E-state index >= 15 is 0 Å². The Kier molecular flexibility index (Phi) is 6.05. The van der Waals surface area contributed by atoms with Crippen LogP contribution in [-0.2, 0) is 4.74 Å². The van der Waals surface area contributed by atoms with E-state index in [1.165, 1.54) is 12.1 Å². The molecule has 8 nitrogen and oxygen atoms in total. The Hall–Kier alpha value is -3.86. The van der Waals surface area contributed by atoms with E-state index in [4.69, 9.17) is 20.9 Å². The maximum Gasteiger partial charge on any atom is 0.573 e. The highest BCUT2D eigenvalue weighted by molar-refractivity contribution is 6.33. The van der Waals surface area contributed by atoms with Crippen molar-refractivity contribution in [2.75, 3.05) is 11.9 Å². The summed E-state index contributed by atoms with van der Waals surface area (Å²) in [6.45, 7) is 1.73. The molecule has 170 valence electrons. The van der Waals surface area contributed by atoms with E-state index in [0.29, 0.717) is 27.4 Å². The molecule has 0 fully saturated rings. The molecule has 4 rings (SSSR count). The summed E-state index contributed by atoms with van der Waals surface area (Å²) in [5, 5.41) is 7.68. The standard InChI is InChI=1S/C21H14ClF3N4O4/c1-2-31-20(30)18-27-17(26-11-7-9-12(10-8-11)32-21(23,24)25)15-16(29-33-19(15)28-18)13-5-3-4-6-14(13)22/h3-10H,2H2,1H3,(H,26,27,28). The highest BCUT2D eigenvalue weighted by atomic mass is 35.5. The number of aromatic nitrogens is 3. The molecule has 2 aromatic carbocycles. The van der Waals surface area contributed by atoms with Gasteiger partial charge in [-0.1, -0.05) is 35.0 Å². The van der Waals surface area contributed by atoms with Gasteiger partial charge in [-0.3, -0.25) is 0 Å². The summed E-state index contributed by atoms with van der Waals surface area (Å²) in [4.78, 5) is 20.5. The molecule has 0 saturated carbocycles. The molecule has 0 atom stereocenters. The summed E-state index contributed by atoms with van der Waals surface area (Å²) < 4.78 is 51.4. The first-order valence-corrected chi connectivity index (χ1v) is 9.85. The number of hydrogen-bond acceptors (Lipinski definition) is 8. The topological polar surface area (TPSA) is 99.4 Å². The highest BCUT2D eigenvalue weighted by Crippen LogP contribution is 2.36. The summed E-state index contributed by atoms with van der Waals surface area (Å²) in [7, 11) is 0. The van der Waals surface area contributed by atoms with Crippen LogP contribution < -0.4 is 10.1 Å². The normalized spacial score (nSPS) is 11.4. The number of rotatable bonds is 6. The third kappa shape index (κ3) is 4.98. The minimum Gasteiger partial charge on any atom is -0.460 e. The average molecular weight is 479 g/mol. The van der Waals surface area contributed by atoms with Gasteiger partial charge in [0.05, 0.1) is 11.6 Å². The van der Waals surface area contributed by atoms with Crippen LogP contribution in [0.5, 0.6) is 5.75 Å². The number of halogens is 4. The van der Waals surface area contributed by atoms with Gasteiger partial charge in [-0.05, 0) is 37.3 Å². The van der Waals surface area contributed by atoms with Crippen LogP contribution in [0.15, 0.2) is 53.1 Å². The van der Waals surface area contributed by atoms with Gasteiger partial charge in [0.25, 0.3) is 5.71 Å². The minimum absolute atomic E-state index is 0.0116. The largest absolute Gasteiger partial charge is 0.573 e. The van der Waals surface area contributed by atoms with Gasteiger partial charge in [-0.15, -0.1) is 13.2 Å². The smallest absolute Gasteiger partial charge is 0.460 e. The molecule has 2 heterocycles. The molecule has 2 aromatic heterocycles. The number of ether oxygens (including phenoxy) is 2. The van der Waals surface area contributed by atoms with E-state index in [2.05, 4.69) is 25.2 Å². The van der Waals surface area contributed by atoms with Crippen molar-refractivity contribution in [1.82, 2.24) is 15.1 Å². The molecular formula is C21H14ClF3N4O4. The van der Waals surface area contributed by atoms with Gasteiger partial charge in [0, 0.05) is 11.3 Å². The first-order valence-electron chi connectivity index (χ1n) is 9.47. The van der Waals surface area contributed by atoms with E-state index in [1.54, 1.807) is 31.2 Å². The van der Waals surface area contributed by atoms with Crippen LogP contribution in [0.3, 0.4) is 0 Å². The first-order chi connectivity index (χ1) is 15.7. The SMILES string of the molecule is CCOC(=O)c1nc(Nc2ccc(OC(F)(F)F)cc2)c2c(-c3ccccc3Cl)noc2n1. The van der Waals surface area contributed by atoms with Crippen LogP contribution in [0.2, 0.25) is 5.02 Å². The predicted octanol–water partition coefficient (Wildman–Crippen LogP) is 5.76. The van der Waals surface area contributed by atoms with Crippen molar-refractivity contribution in [3.8, 4) is 17.0 Å². The Labute approximate surface area is 189 Å². The van der Waals surface area contributed by atoms with Crippen molar-refractivity contribution < 1.29 is 32.0 Å². The molecule has 0 saturated heterocycles. The lowest BCUT2D eigenvalue weighted by atomic mass is 10.1. The Morgan fingerprint density at radius 3 is 2.52 bits per heavy atom. The fourth-order valence-electron chi connectivity index (χ4n) is 2.95. The van der Waals surface area contributed by atoms with Crippen molar-refractivity contribution in [3.05, 3.63) is 59.4 Å². The number of carbonyl (C=O) groups is 1. The average Bonchev–Trinajstić information content (AvgIpc) is 3.19. The summed E-state index contributed by atoms with van der Waals surface area (Å²) in [6.07, 6.45) is -4.81. The monoisotopic (exact) mass is 478 g/mol. The molecule has 12 heteroatoms. The summed E-state index contributed by atoms with van der Waals surface area (Å²) in [6, 6.07) is 11.8. The van der Waals surface area contributed by atoms with E-state index in [-0.39, 0.29) is 24.0 Å². The number of nitrogens with one attached hydrogen (secondary N) is 1. The van der Waals surface area contributed by atoms with Crippen LogP contribution in [0.1, 0.15) is 17.5 Å². The molecule has 33 heavy (non-hydrogen) atoms. The van der Waals surface area contributed by atoms with Gasteiger partial charge >= 0.3 is 12.3 Å². The van der Waals surface area contributed by atoms with E-state index in [0.717, 1.165) is 12.1 Å². The molecule has 0 aliphatic rings. The minimum atomic E-state index is -4.81. The Bertz CT molecular complexity index is 1310. The van der Waals surface area contributed by atoms with Gasteiger partial charge in [-0.2, -0.15) is 4.98 Å². The molecule has 0 bridgehead atoms. The van der Waals surface area contributed by atoms with Crippen molar-refractivity contribution in [2.45, 2.75) is 13.3 Å². The molecule has 0 aliphatic heterocycles. The van der Waals surface area contributed by atoms with Crippen molar-refractivity contribution in [2.24, 2.45) is 0 Å². The number of anilines is 2. The number of nitrogens with zero attached hydrogens (tertiary/aromatic N) is 3. The fourth-order valence-corrected chi connectivity index (χ4v) is 3.17. The van der Waals surface area contributed by atoms with Crippen LogP contribution >= 0.6 is 11.6 Å². The van der Waals surface area contributed by atoms with Crippen LogP contribution in [-0.4, -0.2) is 34.1 Å². The quantitative estimate of drug-likeness (QED) is 0.349. The van der Waals surface area contributed by atoms with E-state index in [9.17, 15) is 18.0 Å². The predicted molar refractivity (Wildman–Crippen MR) is 112 cm³/mol. The van der Waals surface area contributed by atoms with Crippen molar-refractivity contribution in [1.29, 1.82) is 0 Å². The Morgan fingerprint density at radius 2 is 1.85 bits per heavy atom. The summed E-state index contributed by atoms with van der Waals surface area (Å²) in [5.74, 6) is -1.35. The molecule has 0 unspecified atom stereocenters. The van der Waals surface area contributed by atoms with E-state index in [1.807, 2.05) is 0 Å². The molecule has 0 spiro atoms. The van der Waals surface area contributed by atoms with Crippen LogP contribution in [0.25, 0.3) is 22.4 Å². The maximum absolute atomic E-state index is 12.4. The number of esters is 1. The van der Waals surface area contributed by atoms with Crippen LogP contribution in [0.4, 0.5) is 24.7 Å². The molecular weight excluding hydrogens is 465 g/mol. The Morgan fingerprint density at radius 1 is 1.12 bits per heavy atom. The van der Waals surface area contributed by atoms with Gasteiger partial charge in [0.1, 0.15) is 22.6 Å². The van der Waals surface area contributed by atoms with Gasteiger partial charge in [0.15, 0.2) is 0 Å². The lowest BCUT2D eigenvalue weighted by Crippen LogP contribution is -2.17.